The summed E-state index contributed by atoms with van der Waals surface area (Å²) in [6.45, 7) is 3.80. The van der Waals surface area contributed by atoms with Crippen molar-refractivity contribution in [2.24, 2.45) is 0 Å². The van der Waals surface area contributed by atoms with Gasteiger partial charge in [-0.3, -0.25) is 10.1 Å². The molecule has 3 rings (SSSR count). The first-order valence-corrected chi connectivity index (χ1v) is 8.65. The van der Waals surface area contributed by atoms with E-state index in [4.69, 9.17) is 4.74 Å². The van der Waals surface area contributed by atoms with E-state index in [9.17, 15) is 10.1 Å². The fourth-order valence-electron chi connectivity index (χ4n) is 3.26. The van der Waals surface area contributed by atoms with Crippen LogP contribution >= 0.6 is 0 Å². The number of nitrogens with zero attached hydrogens (tertiary/aromatic N) is 2. The summed E-state index contributed by atoms with van der Waals surface area (Å²) in [7, 11) is 0. The van der Waals surface area contributed by atoms with Gasteiger partial charge >= 0.3 is 5.69 Å². The van der Waals surface area contributed by atoms with Crippen LogP contribution in [0.5, 0.6) is 5.75 Å². The van der Waals surface area contributed by atoms with E-state index < -0.39 is 0 Å². The summed E-state index contributed by atoms with van der Waals surface area (Å²) in [5.41, 5.74) is 1.83. The van der Waals surface area contributed by atoms with Gasteiger partial charge in [0.05, 0.1) is 11.5 Å². The molecule has 2 aromatic carbocycles. The zero-order chi connectivity index (χ0) is 17.6. The highest BCUT2D eigenvalue weighted by atomic mass is 16.6. The molecule has 1 aliphatic heterocycles. The number of rotatable bonds is 6. The minimum Gasteiger partial charge on any atom is -0.487 e. The van der Waals surface area contributed by atoms with Crippen LogP contribution in [0, 0.1) is 10.1 Å². The number of ether oxygens (including phenoxy) is 1. The predicted octanol–water partition coefficient (Wildman–Crippen LogP) is 4.07. The van der Waals surface area contributed by atoms with Gasteiger partial charge in [0.1, 0.15) is 5.69 Å². The van der Waals surface area contributed by atoms with Crippen molar-refractivity contribution in [2.75, 3.05) is 29.9 Å². The first kappa shape index (κ1) is 17.1. The summed E-state index contributed by atoms with van der Waals surface area (Å²) in [5, 5.41) is 15.1. The molecule has 1 fully saturated rings. The second kappa shape index (κ2) is 7.88. The average molecular weight is 341 g/mol. The topological polar surface area (TPSA) is 67.6 Å². The molecule has 0 atom stereocenters. The number of hydrogen-bond donors (Lipinski definition) is 1. The Hall–Kier alpha value is -2.76. The van der Waals surface area contributed by atoms with Crippen LogP contribution in [0.15, 0.2) is 48.5 Å². The SMILES string of the molecule is CCOc1cccc(N2CCC(Nc3ccccc3)CC2)c1[N+](=O)[O-]. The molecule has 0 amide bonds. The monoisotopic (exact) mass is 341 g/mol. The van der Waals surface area contributed by atoms with Crippen molar-refractivity contribution < 1.29 is 9.66 Å². The molecule has 1 saturated heterocycles. The number of nitro benzene ring substituents is 1. The predicted molar refractivity (Wildman–Crippen MR) is 99.6 cm³/mol. The van der Waals surface area contributed by atoms with E-state index in [2.05, 4.69) is 22.3 Å². The van der Waals surface area contributed by atoms with Crippen LogP contribution in [0.4, 0.5) is 17.1 Å². The molecule has 0 aromatic heterocycles. The van der Waals surface area contributed by atoms with Crippen LogP contribution in [0.25, 0.3) is 0 Å². The minimum atomic E-state index is -0.339. The maximum Gasteiger partial charge on any atom is 0.333 e. The van der Waals surface area contributed by atoms with Gasteiger partial charge in [-0.2, -0.15) is 0 Å². The molecule has 6 heteroatoms. The lowest BCUT2D eigenvalue weighted by atomic mass is 10.0. The van der Waals surface area contributed by atoms with E-state index >= 15 is 0 Å². The molecule has 0 aliphatic carbocycles. The molecular weight excluding hydrogens is 318 g/mol. The third-order valence-corrected chi connectivity index (χ3v) is 4.44. The molecule has 0 radical (unpaired) electrons. The van der Waals surface area contributed by atoms with E-state index in [1.54, 1.807) is 6.07 Å². The summed E-state index contributed by atoms with van der Waals surface area (Å²) >= 11 is 0. The lowest BCUT2D eigenvalue weighted by molar-refractivity contribution is -0.385. The van der Waals surface area contributed by atoms with Gasteiger partial charge in [0.15, 0.2) is 5.75 Å². The number of anilines is 2. The van der Waals surface area contributed by atoms with Crippen LogP contribution in [-0.2, 0) is 0 Å². The number of nitrogens with one attached hydrogen (secondary N) is 1. The quantitative estimate of drug-likeness (QED) is 0.633. The highest BCUT2D eigenvalue weighted by molar-refractivity contribution is 5.70. The summed E-state index contributed by atoms with van der Waals surface area (Å²) in [4.78, 5) is 13.3. The summed E-state index contributed by atoms with van der Waals surface area (Å²) in [6.07, 6.45) is 1.87. The Morgan fingerprint density at radius 1 is 1.16 bits per heavy atom. The second-order valence-electron chi connectivity index (χ2n) is 6.09. The molecule has 0 unspecified atom stereocenters. The Kier molecular flexibility index (Phi) is 5.38. The number of benzene rings is 2. The van der Waals surface area contributed by atoms with E-state index in [1.807, 2.05) is 37.3 Å². The second-order valence-corrected chi connectivity index (χ2v) is 6.09. The van der Waals surface area contributed by atoms with Gasteiger partial charge in [-0.15, -0.1) is 0 Å². The lowest BCUT2D eigenvalue weighted by Crippen LogP contribution is -2.39. The third kappa shape index (κ3) is 4.02. The molecule has 132 valence electrons. The molecule has 1 heterocycles. The van der Waals surface area contributed by atoms with Crippen molar-refractivity contribution in [3.05, 3.63) is 58.6 Å². The van der Waals surface area contributed by atoms with E-state index in [0.717, 1.165) is 31.6 Å². The highest BCUT2D eigenvalue weighted by Gasteiger charge is 2.28. The normalized spacial score (nSPS) is 15.0. The molecule has 1 N–H and O–H groups in total. The molecule has 25 heavy (non-hydrogen) atoms. The third-order valence-electron chi connectivity index (χ3n) is 4.44. The minimum absolute atomic E-state index is 0.0684. The molecule has 0 spiro atoms. The molecule has 0 saturated carbocycles. The van der Waals surface area contributed by atoms with Crippen LogP contribution in [0.1, 0.15) is 19.8 Å². The van der Waals surface area contributed by atoms with Gasteiger partial charge in [0.25, 0.3) is 0 Å². The van der Waals surface area contributed by atoms with Crippen LogP contribution in [0.3, 0.4) is 0 Å². The summed E-state index contributed by atoms with van der Waals surface area (Å²) in [6, 6.07) is 15.8. The van der Waals surface area contributed by atoms with Crippen molar-refractivity contribution in [3.63, 3.8) is 0 Å². The number of nitro groups is 1. The average Bonchev–Trinajstić information content (AvgIpc) is 2.63. The van der Waals surface area contributed by atoms with E-state index in [-0.39, 0.29) is 10.6 Å². The van der Waals surface area contributed by atoms with Crippen LogP contribution in [-0.4, -0.2) is 30.7 Å². The molecule has 0 bridgehead atoms. The van der Waals surface area contributed by atoms with Gasteiger partial charge < -0.3 is 15.0 Å². The van der Waals surface area contributed by atoms with Gasteiger partial charge in [-0.1, -0.05) is 24.3 Å². The molecular formula is C19H23N3O3. The maximum atomic E-state index is 11.6. The highest BCUT2D eigenvalue weighted by Crippen LogP contribution is 2.38. The zero-order valence-corrected chi connectivity index (χ0v) is 14.4. The standard InChI is InChI=1S/C19H23N3O3/c1-2-25-18-10-6-9-17(19(18)22(23)24)21-13-11-16(12-14-21)20-15-7-4-3-5-8-15/h3-10,16,20H,2,11-14H2,1H3. The Morgan fingerprint density at radius 2 is 1.88 bits per heavy atom. The van der Waals surface area contributed by atoms with Crippen molar-refractivity contribution in [2.45, 2.75) is 25.8 Å². The fraction of sp³-hybridized carbons (Fsp3) is 0.368. The van der Waals surface area contributed by atoms with Crippen molar-refractivity contribution in [3.8, 4) is 5.75 Å². The van der Waals surface area contributed by atoms with Crippen molar-refractivity contribution >= 4 is 17.1 Å². The summed E-state index contributed by atoms with van der Waals surface area (Å²) in [5.74, 6) is 0.342. The Morgan fingerprint density at radius 3 is 2.52 bits per heavy atom. The Bertz CT molecular complexity index is 713. The smallest absolute Gasteiger partial charge is 0.333 e. The van der Waals surface area contributed by atoms with Crippen LogP contribution in [0.2, 0.25) is 0 Å². The Balaban J connectivity index is 1.70. The van der Waals surface area contributed by atoms with E-state index in [0.29, 0.717) is 24.1 Å². The maximum absolute atomic E-state index is 11.6. The van der Waals surface area contributed by atoms with Gasteiger partial charge in [0, 0.05) is 24.8 Å². The number of hydrogen-bond acceptors (Lipinski definition) is 5. The van der Waals surface area contributed by atoms with Gasteiger partial charge in [0.2, 0.25) is 0 Å². The lowest BCUT2D eigenvalue weighted by Gasteiger charge is -2.34. The van der Waals surface area contributed by atoms with Crippen molar-refractivity contribution in [1.29, 1.82) is 0 Å². The fourth-order valence-corrected chi connectivity index (χ4v) is 3.26. The number of piperidine rings is 1. The summed E-state index contributed by atoms with van der Waals surface area (Å²) < 4.78 is 5.45. The molecule has 2 aromatic rings. The first-order chi connectivity index (χ1) is 12.2. The van der Waals surface area contributed by atoms with E-state index in [1.165, 1.54) is 0 Å². The van der Waals surface area contributed by atoms with Gasteiger partial charge in [-0.25, -0.2) is 0 Å². The van der Waals surface area contributed by atoms with Crippen LogP contribution < -0.4 is 15.0 Å². The largest absolute Gasteiger partial charge is 0.487 e. The number of para-hydroxylation sites is 2. The molecule has 6 nitrogen and oxygen atoms in total. The Labute approximate surface area is 147 Å². The van der Waals surface area contributed by atoms with Gasteiger partial charge in [-0.05, 0) is 44.0 Å². The molecule has 1 aliphatic rings. The first-order valence-electron chi connectivity index (χ1n) is 8.65. The van der Waals surface area contributed by atoms with Crippen molar-refractivity contribution in [1.82, 2.24) is 0 Å². The zero-order valence-electron chi connectivity index (χ0n) is 14.4.